The molecule has 3 rings (SSSR count). The van der Waals surface area contributed by atoms with Crippen LogP contribution in [0.15, 0.2) is 24.3 Å². The van der Waals surface area contributed by atoms with Crippen molar-refractivity contribution in [3.05, 3.63) is 35.4 Å². The van der Waals surface area contributed by atoms with E-state index in [4.69, 9.17) is 4.74 Å². The molecule has 0 aliphatic heterocycles. The van der Waals surface area contributed by atoms with E-state index in [1.807, 2.05) is 18.2 Å². The Kier molecular flexibility index (Phi) is 6.85. The highest BCUT2D eigenvalue weighted by molar-refractivity contribution is 5.85. The molecule has 0 spiro atoms. The number of esters is 1. The zero-order chi connectivity index (χ0) is 19.1. The van der Waals surface area contributed by atoms with Crippen LogP contribution in [0.4, 0.5) is 0 Å². The summed E-state index contributed by atoms with van der Waals surface area (Å²) in [6, 6.07) is 8.06. The van der Waals surface area contributed by atoms with Crippen LogP contribution in [-0.4, -0.2) is 30.9 Å². The van der Waals surface area contributed by atoms with E-state index in [1.54, 1.807) is 0 Å². The number of amides is 2. The van der Waals surface area contributed by atoms with Gasteiger partial charge >= 0.3 is 5.97 Å². The van der Waals surface area contributed by atoms with Crippen LogP contribution >= 0.6 is 0 Å². The zero-order valence-electron chi connectivity index (χ0n) is 15.7. The third-order valence-corrected chi connectivity index (χ3v) is 5.45. The van der Waals surface area contributed by atoms with Crippen LogP contribution in [0.2, 0.25) is 0 Å². The standard InChI is InChI=1S/C21H28N2O4/c24-19(23-18-12-6-10-15-7-4-5-11-17(15)18)14-27-20(25)13-22-21(26)16-8-2-1-3-9-16/h4-5,7,11,16,18H,1-3,6,8-10,12-14H2,(H,22,26)(H,23,24)/t18-/m0/s1. The lowest BCUT2D eigenvalue weighted by Gasteiger charge is -2.26. The van der Waals surface area contributed by atoms with Crippen molar-refractivity contribution in [2.45, 2.75) is 57.4 Å². The second-order valence-corrected chi connectivity index (χ2v) is 7.42. The van der Waals surface area contributed by atoms with E-state index in [1.165, 1.54) is 12.0 Å². The van der Waals surface area contributed by atoms with Crippen LogP contribution in [0.3, 0.4) is 0 Å². The molecule has 2 N–H and O–H groups in total. The number of ether oxygens (including phenoxy) is 1. The lowest BCUT2D eigenvalue weighted by atomic mass is 9.88. The van der Waals surface area contributed by atoms with E-state index in [2.05, 4.69) is 16.7 Å². The number of carbonyl (C=O) groups excluding carboxylic acids is 3. The molecule has 1 fully saturated rings. The second kappa shape index (κ2) is 9.53. The van der Waals surface area contributed by atoms with Crippen molar-refractivity contribution >= 4 is 17.8 Å². The first-order valence-corrected chi connectivity index (χ1v) is 9.94. The zero-order valence-corrected chi connectivity index (χ0v) is 15.7. The van der Waals surface area contributed by atoms with Gasteiger partial charge in [0.25, 0.3) is 5.91 Å². The molecule has 1 atom stereocenters. The number of hydrogen-bond acceptors (Lipinski definition) is 4. The predicted octanol–water partition coefficient (Wildman–Crippen LogP) is 2.42. The van der Waals surface area contributed by atoms with Crippen molar-refractivity contribution in [2.24, 2.45) is 5.92 Å². The summed E-state index contributed by atoms with van der Waals surface area (Å²) in [5, 5.41) is 5.57. The minimum atomic E-state index is -0.585. The minimum Gasteiger partial charge on any atom is -0.454 e. The quantitative estimate of drug-likeness (QED) is 0.751. The summed E-state index contributed by atoms with van der Waals surface area (Å²) >= 11 is 0. The summed E-state index contributed by atoms with van der Waals surface area (Å²) in [5.74, 6) is -0.988. The van der Waals surface area contributed by atoms with Gasteiger partial charge in [0.2, 0.25) is 5.91 Å². The highest BCUT2D eigenvalue weighted by Gasteiger charge is 2.23. The van der Waals surface area contributed by atoms with Crippen LogP contribution in [0.25, 0.3) is 0 Å². The van der Waals surface area contributed by atoms with Crippen molar-refractivity contribution < 1.29 is 19.1 Å². The molecule has 27 heavy (non-hydrogen) atoms. The lowest BCUT2D eigenvalue weighted by Crippen LogP contribution is -2.38. The molecule has 1 aromatic carbocycles. The van der Waals surface area contributed by atoms with Gasteiger partial charge in [-0.05, 0) is 43.2 Å². The van der Waals surface area contributed by atoms with Crippen LogP contribution < -0.4 is 10.6 Å². The predicted molar refractivity (Wildman–Crippen MR) is 101 cm³/mol. The molecule has 0 radical (unpaired) electrons. The maximum absolute atomic E-state index is 12.1. The summed E-state index contributed by atoms with van der Waals surface area (Å²) in [5.41, 5.74) is 2.40. The molecule has 0 saturated heterocycles. The fraction of sp³-hybridized carbons (Fsp3) is 0.571. The Morgan fingerprint density at radius 2 is 1.78 bits per heavy atom. The normalized spacial score (nSPS) is 19.6. The molecule has 0 heterocycles. The van der Waals surface area contributed by atoms with Crippen LogP contribution in [0.5, 0.6) is 0 Å². The monoisotopic (exact) mass is 372 g/mol. The molecule has 1 saturated carbocycles. The fourth-order valence-corrected chi connectivity index (χ4v) is 4.01. The number of carbonyl (C=O) groups is 3. The topological polar surface area (TPSA) is 84.5 Å². The third kappa shape index (κ3) is 5.55. The molecule has 0 unspecified atom stereocenters. The Morgan fingerprint density at radius 1 is 1.00 bits per heavy atom. The number of hydrogen-bond donors (Lipinski definition) is 2. The van der Waals surface area contributed by atoms with Gasteiger partial charge in [-0.1, -0.05) is 43.5 Å². The molecule has 2 amide bonds. The number of aryl methyl sites for hydroxylation is 1. The lowest BCUT2D eigenvalue weighted by molar-refractivity contribution is -0.148. The van der Waals surface area contributed by atoms with Crippen LogP contribution in [-0.2, 0) is 25.5 Å². The van der Waals surface area contributed by atoms with Gasteiger partial charge in [-0.3, -0.25) is 14.4 Å². The largest absolute Gasteiger partial charge is 0.454 e. The first kappa shape index (κ1) is 19.4. The molecule has 1 aromatic rings. The molecule has 2 aliphatic rings. The van der Waals surface area contributed by atoms with Gasteiger partial charge in [0.05, 0.1) is 6.04 Å². The van der Waals surface area contributed by atoms with Crippen molar-refractivity contribution in [3.8, 4) is 0 Å². The number of nitrogens with one attached hydrogen (secondary N) is 2. The Labute approximate surface area is 160 Å². The van der Waals surface area contributed by atoms with Crippen molar-refractivity contribution in [3.63, 3.8) is 0 Å². The molecule has 0 bridgehead atoms. The maximum Gasteiger partial charge on any atom is 0.325 e. The molecule has 146 valence electrons. The van der Waals surface area contributed by atoms with E-state index in [-0.39, 0.29) is 36.9 Å². The SMILES string of the molecule is O=C(COC(=O)CNC(=O)C1CCCCC1)N[C@H]1CCCc2ccccc21. The first-order valence-electron chi connectivity index (χ1n) is 9.94. The number of rotatable bonds is 6. The Balaban J connectivity index is 1.38. The van der Waals surface area contributed by atoms with Gasteiger partial charge in [-0.15, -0.1) is 0 Å². The van der Waals surface area contributed by atoms with Gasteiger partial charge < -0.3 is 15.4 Å². The van der Waals surface area contributed by atoms with E-state index in [9.17, 15) is 14.4 Å². The van der Waals surface area contributed by atoms with E-state index < -0.39 is 5.97 Å². The fourth-order valence-electron chi connectivity index (χ4n) is 4.01. The van der Waals surface area contributed by atoms with Gasteiger partial charge in [0, 0.05) is 5.92 Å². The van der Waals surface area contributed by atoms with Gasteiger partial charge in [-0.25, -0.2) is 0 Å². The van der Waals surface area contributed by atoms with Crippen molar-refractivity contribution in [2.75, 3.05) is 13.2 Å². The Morgan fingerprint density at radius 3 is 2.59 bits per heavy atom. The van der Waals surface area contributed by atoms with Crippen molar-refractivity contribution in [1.29, 1.82) is 0 Å². The Bertz CT molecular complexity index is 683. The van der Waals surface area contributed by atoms with E-state index in [0.717, 1.165) is 50.5 Å². The van der Waals surface area contributed by atoms with Crippen LogP contribution in [0, 0.1) is 5.92 Å². The Hall–Kier alpha value is -2.37. The second-order valence-electron chi connectivity index (χ2n) is 7.42. The average Bonchev–Trinajstić information content (AvgIpc) is 2.71. The molecule has 6 nitrogen and oxygen atoms in total. The summed E-state index contributed by atoms with van der Waals surface area (Å²) in [6.07, 6.45) is 7.99. The van der Waals surface area contributed by atoms with Crippen LogP contribution in [0.1, 0.15) is 62.1 Å². The first-order chi connectivity index (χ1) is 13.1. The third-order valence-electron chi connectivity index (χ3n) is 5.45. The molecule has 6 heteroatoms. The smallest absolute Gasteiger partial charge is 0.325 e. The summed E-state index contributed by atoms with van der Waals surface area (Å²) in [4.78, 5) is 36.0. The summed E-state index contributed by atoms with van der Waals surface area (Å²) in [6.45, 7) is -0.508. The van der Waals surface area contributed by atoms with Gasteiger partial charge in [0.1, 0.15) is 6.54 Å². The van der Waals surface area contributed by atoms with Crippen molar-refractivity contribution in [1.82, 2.24) is 10.6 Å². The summed E-state index contributed by atoms with van der Waals surface area (Å²) in [7, 11) is 0. The molecular formula is C21H28N2O4. The summed E-state index contributed by atoms with van der Waals surface area (Å²) < 4.78 is 5.01. The van der Waals surface area contributed by atoms with E-state index in [0.29, 0.717) is 0 Å². The van der Waals surface area contributed by atoms with Gasteiger partial charge in [0.15, 0.2) is 6.61 Å². The average molecular weight is 372 g/mol. The number of fused-ring (bicyclic) bond motifs is 1. The molecule has 0 aromatic heterocycles. The molecular weight excluding hydrogens is 344 g/mol. The van der Waals surface area contributed by atoms with Gasteiger partial charge in [-0.2, -0.15) is 0 Å². The minimum absolute atomic E-state index is 0.00113. The highest BCUT2D eigenvalue weighted by Crippen LogP contribution is 2.29. The highest BCUT2D eigenvalue weighted by atomic mass is 16.5. The molecule has 2 aliphatic carbocycles. The maximum atomic E-state index is 12.1. The number of benzene rings is 1. The van der Waals surface area contributed by atoms with E-state index >= 15 is 0 Å².